The minimum absolute atomic E-state index is 0.558. The maximum atomic E-state index is 5.94. The predicted molar refractivity (Wildman–Crippen MR) is 91.1 cm³/mol. The molecule has 0 amide bonds. The minimum Gasteiger partial charge on any atom is -0.491 e. The van der Waals surface area contributed by atoms with Gasteiger partial charge in [0, 0.05) is 6.04 Å². The molecule has 0 bridgehead atoms. The van der Waals surface area contributed by atoms with Crippen LogP contribution in [0.25, 0.3) is 0 Å². The van der Waals surface area contributed by atoms with Gasteiger partial charge in [0.1, 0.15) is 5.75 Å². The van der Waals surface area contributed by atoms with Crippen molar-refractivity contribution in [1.29, 1.82) is 0 Å². The molecule has 0 aromatic heterocycles. The molecule has 2 rings (SSSR count). The molecule has 2 heteroatoms. The van der Waals surface area contributed by atoms with Crippen LogP contribution in [0.4, 0.5) is 5.69 Å². The van der Waals surface area contributed by atoms with Crippen LogP contribution >= 0.6 is 0 Å². The van der Waals surface area contributed by atoms with Crippen molar-refractivity contribution in [2.45, 2.75) is 65.3 Å². The third kappa shape index (κ3) is 5.26. The van der Waals surface area contributed by atoms with Crippen molar-refractivity contribution >= 4 is 5.69 Å². The molecule has 0 aliphatic heterocycles. The predicted octanol–water partition coefficient (Wildman–Crippen LogP) is 5.49. The lowest BCUT2D eigenvalue weighted by Gasteiger charge is -2.30. The zero-order valence-corrected chi connectivity index (χ0v) is 13.9. The lowest BCUT2D eigenvalue weighted by atomic mass is 9.83. The average molecular weight is 289 g/mol. The second-order valence-corrected chi connectivity index (χ2v) is 6.85. The van der Waals surface area contributed by atoms with E-state index in [1.165, 1.54) is 38.5 Å². The highest BCUT2D eigenvalue weighted by Crippen LogP contribution is 2.32. The Morgan fingerprint density at radius 3 is 2.52 bits per heavy atom. The molecule has 0 heterocycles. The van der Waals surface area contributed by atoms with E-state index in [0.717, 1.165) is 24.0 Å². The van der Waals surface area contributed by atoms with E-state index in [1.54, 1.807) is 0 Å². The smallest absolute Gasteiger partial charge is 0.142 e. The van der Waals surface area contributed by atoms with Crippen LogP contribution in [0, 0.1) is 11.8 Å². The van der Waals surface area contributed by atoms with Crippen LogP contribution in [0.2, 0.25) is 0 Å². The number of ether oxygens (including phenoxy) is 1. The second-order valence-electron chi connectivity index (χ2n) is 6.85. The first kappa shape index (κ1) is 16.2. The summed E-state index contributed by atoms with van der Waals surface area (Å²) in [4.78, 5) is 0. The number of hydrogen-bond donors (Lipinski definition) is 1. The molecule has 1 aromatic rings. The molecule has 1 aromatic carbocycles. The molecule has 0 spiro atoms. The summed E-state index contributed by atoms with van der Waals surface area (Å²) in [6.07, 6.45) is 8.07. The molecule has 1 fully saturated rings. The van der Waals surface area contributed by atoms with Crippen LogP contribution < -0.4 is 10.1 Å². The van der Waals surface area contributed by atoms with Gasteiger partial charge in [0.15, 0.2) is 0 Å². The van der Waals surface area contributed by atoms with E-state index in [2.05, 4.69) is 50.4 Å². The van der Waals surface area contributed by atoms with Crippen LogP contribution in [0.5, 0.6) is 5.75 Å². The van der Waals surface area contributed by atoms with Crippen LogP contribution in [0.1, 0.15) is 59.3 Å². The Morgan fingerprint density at radius 2 is 1.86 bits per heavy atom. The van der Waals surface area contributed by atoms with Crippen LogP contribution in [-0.2, 0) is 0 Å². The third-order valence-corrected chi connectivity index (χ3v) is 4.36. The van der Waals surface area contributed by atoms with Crippen molar-refractivity contribution in [3.05, 3.63) is 24.3 Å². The largest absolute Gasteiger partial charge is 0.491 e. The zero-order valence-electron chi connectivity index (χ0n) is 13.9. The number of rotatable bonds is 7. The van der Waals surface area contributed by atoms with Gasteiger partial charge in [0.25, 0.3) is 0 Å². The van der Waals surface area contributed by atoms with Gasteiger partial charge in [-0.2, -0.15) is 0 Å². The molecular weight excluding hydrogens is 258 g/mol. The van der Waals surface area contributed by atoms with Gasteiger partial charge in [0.05, 0.1) is 12.3 Å². The van der Waals surface area contributed by atoms with Gasteiger partial charge >= 0.3 is 0 Å². The van der Waals surface area contributed by atoms with Gasteiger partial charge in [-0.1, -0.05) is 45.7 Å². The molecule has 0 saturated heterocycles. The highest BCUT2D eigenvalue weighted by Gasteiger charge is 2.21. The molecule has 118 valence electrons. The van der Waals surface area contributed by atoms with Crippen LogP contribution in [-0.4, -0.2) is 12.6 Å². The molecule has 1 aliphatic carbocycles. The summed E-state index contributed by atoms with van der Waals surface area (Å²) >= 11 is 0. The summed E-state index contributed by atoms with van der Waals surface area (Å²) < 4.78 is 5.94. The Bertz CT molecular complexity index is 408. The van der Waals surface area contributed by atoms with E-state index in [-0.39, 0.29) is 0 Å². The number of para-hydroxylation sites is 2. The average Bonchev–Trinajstić information content (AvgIpc) is 2.48. The molecule has 1 aliphatic rings. The van der Waals surface area contributed by atoms with Gasteiger partial charge < -0.3 is 10.1 Å². The van der Waals surface area contributed by atoms with Gasteiger partial charge in [-0.3, -0.25) is 0 Å². The van der Waals surface area contributed by atoms with E-state index in [4.69, 9.17) is 4.74 Å². The number of nitrogens with one attached hydrogen (secondary N) is 1. The van der Waals surface area contributed by atoms with Crippen molar-refractivity contribution in [3.8, 4) is 5.75 Å². The first-order valence-corrected chi connectivity index (χ1v) is 8.67. The fourth-order valence-electron chi connectivity index (χ4n) is 3.19. The van der Waals surface area contributed by atoms with E-state index in [1.807, 2.05) is 0 Å². The summed E-state index contributed by atoms with van der Waals surface area (Å²) in [5.74, 6) is 2.52. The standard InChI is InChI=1S/C19H31NO/c1-4-7-16-10-12-17(13-11-16)20-18-8-5-6-9-19(18)21-14-15(2)3/h5-6,8-9,15-17,20H,4,7,10-14H2,1-3H3. The quantitative estimate of drug-likeness (QED) is 0.716. The highest BCUT2D eigenvalue weighted by molar-refractivity contribution is 5.56. The lowest BCUT2D eigenvalue weighted by molar-refractivity contribution is 0.271. The van der Waals surface area contributed by atoms with Crippen molar-refractivity contribution in [2.24, 2.45) is 11.8 Å². The monoisotopic (exact) mass is 289 g/mol. The van der Waals surface area contributed by atoms with E-state index < -0.39 is 0 Å². The fraction of sp³-hybridized carbons (Fsp3) is 0.684. The van der Waals surface area contributed by atoms with E-state index in [9.17, 15) is 0 Å². The maximum Gasteiger partial charge on any atom is 0.142 e. The Morgan fingerprint density at radius 1 is 1.14 bits per heavy atom. The minimum atomic E-state index is 0.558. The van der Waals surface area contributed by atoms with Crippen molar-refractivity contribution < 1.29 is 4.74 Å². The first-order valence-electron chi connectivity index (χ1n) is 8.67. The first-order chi connectivity index (χ1) is 10.2. The lowest BCUT2D eigenvalue weighted by Crippen LogP contribution is -2.26. The van der Waals surface area contributed by atoms with Crippen molar-refractivity contribution in [3.63, 3.8) is 0 Å². The van der Waals surface area contributed by atoms with Crippen molar-refractivity contribution in [2.75, 3.05) is 11.9 Å². The fourth-order valence-corrected chi connectivity index (χ4v) is 3.19. The maximum absolute atomic E-state index is 5.94. The summed E-state index contributed by atoms with van der Waals surface area (Å²) in [5.41, 5.74) is 1.16. The highest BCUT2D eigenvalue weighted by atomic mass is 16.5. The molecule has 21 heavy (non-hydrogen) atoms. The Kier molecular flexibility index (Phi) is 6.41. The van der Waals surface area contributed by atoms with E-state index >= 15 is 0 Å². The number of benzene rings is 1. The summed E-state index contributed by atoms with van der Waals surface area (Å²) in [7, 11) is 0. The number of anilines is 1. The summed E-state index contributed by atoms with van der Waals surface area (Å²) in [6.45, 7) is 7.45. The van der Waals surface area contributed by atoms with E-state index in [0.29, 0.717) is 12.0 Å². The molecule has 0 atom stereocenters. The normalized spacial score (nSPS) is 22.3. The molecule has 0 radical (unpaired) electrons. The zero-order chi connectivity index (χ0) is 15.1. The topological polar surface area (TPSA) is 21.3 Å². The summed E-state index contributed by atoms with van der Waals surface area (Å²) in [6, 6.07) is 8.98. The second kappa shape index (κ2) is 8.31. The van der Waals surface area contributed by atoms with Crippen LogP contribution in [0.15, 0.2) is 24.3 Å². The van der Waals surface area contributed by atoms with Gasteiger partial charge in [0.2, 0.25) is 0 Å². The number of hydrogen-bond acceptors (Lipinski definition) is 2. The van der Waals surface area contributed by atoms with Gasteiger partial charge in [-0.05, 0) is 49.7 Å². The summed E-state index contributed by atoms with van der Waals surface area (Å²) in [5, 5.41) is 3.71. The Balaban J connectivity index is 1.88. The van der Waals surface area contributed by atoms with Gasteiger partial charge in [-0.25, -0.2) is 0 Å². The Labute approximate surface area is 130 Å². The molecule has 2 nitrogen and oxygen atoms in total. The molecule has 1 saturated carbocycles. The Hall–Kier alpha value is -1.18. The molecule has 0 unspecified atom stereocenters. The molecular formula is C19H31NO. The van der Waals surface area contributed by atoms with Crippen LogP contribution in [0.3, 0.4) is 0 Å². The van der Waals surface area contributed by atoms with Crippen molar-refractivity contribution in [1.82, 2.24) is 0 Å². The van der Waals surface area contributed by atoms with Gasteiger partial charge in [-0.15, -0.1) is 0 Å². The third-order valence-electron chi connectivity index (χ3n) is 4.36. The SMILES string of the molecule is CCCC1CCC(Nc2ccccc2OCC(C)C)CC1. The molecule has 1 N–H and O–H groups in total.